The Balaban J connectivity index is 1.36. The number of nitrogens with one attached hydrogen (secondary N) is 1. The third kappa shape index (κ3) is 5.50. The zero-order chi connectivity index (χ0) is 17.3. The first-order chi connectivity index (χ1) is 12.3. The van der Waals surface area contributed by atoms with E-state index in [1.807, 2.05) is 53.5 Å². The van der Waals surface area contributed by atoms with Crippen molar-refractivity contribution < 1.29 is 4.79 Å². The number of nitrogens with zero attached hydrogens (tertiary/aromatic N) is 2. The van der Waals surface area contributed by atoms with Crippen LogP contribution in [0.25, 0.3) is 11.1 Å². The summed E-state index contributed by atoms with van der Waals surface area (Å²) in [6, 6.07) is 20.3. The molecule has 3 aromatic rings. The SMILES string of the molecule is O=C(CCSc1ccccc1)NCCn1cc(-c2ccccc2)cn1. The van der Waals surface area contributed by atoms with Crippen LogP contribution in [-0.2, 0) is 11.3 Å². The zero-order valence-electron chi connectivity index (χ0n) is 14.0. The number of rotatable bonds is 8. The fraction of sp³-hybridized carbons (Fsp3) is 0.200. The van der Waals surface area contributed by atoms with Crippen LogP contribution in [0.1, 0.15) is 6.42 Å². The number of amides is 1. The predicted molar refractivity (Wildman–Crippen MR) is 102 cm³/mol. The first-order valence-electron chi connectivity index (χ1n) is 8.34. The molecular weight excluding hydrogens is 330 g/mol. The largest absolute Gasteiger partial charge is 0.354 e. The molecule has 0 bridgehead atoms. The van der Waals surface area contributed by atoms with E-state index in [0.717, 1.165) is 16.9 Å². The molecule has 2 aromatic carbocycles. The lowest BCUT2D eigenvalue weighted by atomic mass is 10.1. The van der Waals surface area contributed by atoms with Crippen molar-refractivity contribution in [2.45, 2.75) is 17.9 Å². The Labute approximate surface area is 152 Å². The van der Waals surface area contributed by atoms with Gasteiger partial charge in [0, 0.05) is 35.4 Å². The van der Waals surface area contributed by atoms with E-state index in [1.165, 1.54) is 4.90 Å². The lowest BCUT2D eigenvalue weighted by Crippen LogP contribution is -2.27. The van der Waals surface area contributed by atoms with Gasteiger partial charge >= 0.3 is 0 Å². The Kier molecular flexibility index (Phi) is 6.29. The van der Waals surface area contributed by atoms with Crippen molar-refractivity contribution in [3.8, 4) is 11.1 Å². The number of thioether (sulfide) groups is 1. The highest BCUT2D eigenvalue weighted by atomic mass is 32.2. The summed E-state index contributed by atoms with van der Waals surface area (Å²) in [5.74, 6) is 0.870. The molecule has 0 radical (unpaired) electrons. The molecule has 1 aromatic heterocycles. The Bertz CT molecular complexity index is 787. The molecule has 0 saturated heterocycles. The summed E-state index contributed by atoms with van der Waals surface area (Å²) in [5.41, 5.74) is 2.24. The van der Waals surface area contributed by atoms with Gasteiger partial charge in [0.1, 0.15) is 0 Å². The van der Waals surface area contributed by atoms with E-state index in [4.69, 9.17) is 0 Å². The van der Waals surface area contributed by atoms with Crippen LogP contribution >= 0.6 is 11.8 Å². The van der Waals surface area contributed by atoms with Gasteiger partial charge in [-0.3, -0.25) is 9.48 Å². The highest BCUT2D eigenvalue weighted by Crippen LogP contribution is 2.18. The van der Waals surface area contributed by atoms with Gasteiger partial charge in [0.15, 0.2) is 0 Å². The molecule has 1 amide bonds. The second kappa shape index (κ2) is 9.08. The van der Waals surface area contributed by atoms with E-state index in [1.54, 1.807) is 11.8 Å². The van der Waals surface area contributed by atoms with Gasteiger partial charge < -0.3 is 5.32 Å². The molecule has 128 valence electrons. The minimum Gasteiger partial charge on any atom is -0.354 e. The van der Waals surface area contributed by atoms with Gasteiger partial charge in [0.05, 0.1) is 12.7 Å². The Morgan fingerprint density at radius 3 is 2.48 bits per heavy atom. The third-order valence-corrected chi connectivity index (χ3v) is 4.76. The second-order valence-electron chi connectivity index (χ2n) is 5.62. The third-order valence-electron chi connectivity index (χ3n) is 3.74. The van der Waals surface area contributed by atoms with Crippen molar-refractivity contribution in [1.29, 1.82) is 0 Å². The van der Waals surface area contributed by atoms with Crippen molar-refractivity contribution in [1.82, 2.24) is 15.1 Å². The Hall–Kier alpha value is -2.53. The molecule has 1 heterocycles. The van der Waals surface area contributed by atoms with Crippen LogP contribution in [0, 0.1) is 0 Å². The van der Waals surface area contributed by atoms with Crippen LogP contribution in [0.15, 0.2) is 78.0 Å². The number of benzene rings is 2. The summed E-state index contributed by atoms with van der Waals surface area (Å²) in [5, 5.41) is 7.31. The summed E-state index contributed by atoms with van der Waals surface area (Å²) < 4.78 is 1.86. The number of hydrogen-bond acceptors (Lipinski definition) is 3. The molecule has 0 atom stereocenters. The van der Waals surface area contributed by atoms with Crippen molar-refractivity contribution in [3.05, 3.63) is 73.1 Å². The molecule has 25 heavy (non-hydrogen) atoms. The van der Waals surface area contributed by atoms with Crippen molar-refractivity contribution in [3.63, 3.8) is 0 Å². The summed E-state index contributed by atoms with van der Waals surface area (Å²) in [6.45, 7) is 1.26. The first-order valence-corrected chi connectivity index (χ1v) is 9.32. The number of hydrogen-bond donors (Lipinski definition) is 1. The topological polar surface area (TPSA) is 46.9 Å². The molecule has 0 aliphatic heterocycles. The van der Waals surface area contributed by atoms with Gasteiger partial charge in [0.25, 0.3) is 0 Å². The second-order valence-corrected chi connectivity index (χ2v) is 6.79. The van der Waals surface area contributed by atoms with Gasteiger partial charge in [-0.05, 0) is 17.7 Å². The summed E-state index contributed by atoms with van der Waals surface area (Å²) in [4.78, 5) is 13.1. The maximum atomic E-state index is 11.9. The Morgan fingerprint density at radius 2 is 1.72 bits per heavy atom. The number of carbonyl (C=O) groups is 1. The van der Waals surface area contributed by atoms with E-state index in [2.05, 4.69) is 34.7 Å². The van der Waals surface area contributed by atoms with E-state index in [0.29, 0.717) is 19.5 Å². The van der Waals surface area contributed by atoms with Crippen LogP contribution in [0.5, 0.6) is 0 Å². The van der Waals surface area contributed by atoms with Gasteiger partial charge in [-0.1, -0.05) is 48.5 Å². The van der Waals surface area contributed by atoms with Crippen LogP contribution < -0.4 is 5.32 Å². The van der Waals surface area contributed by atoms with Crippen molar-refractivity contribution in [2.75, 3.05) is 12.3 Å². The molecule has 3 rings (SSSR count). The molecule has 0 saturated carbocycles. The molecular formula is C20H21N3OS. The summed E-state index contributed by atoms with van der Waals surface area (Å²) >= 11 is 1.70. The molecule has 0 aliphatic rings. The normalized spacial score (nSPS) is 10.6. The fourth-order valence-electron chi connectivity index (χ4n) is 2.44. The lowest BCUT2D eigenvalue weighted by molar-refractivity contribution is -0.120. The standard InChI is InChI=1S/C20H21N3OS/c24-20(11-14-25-19-9-5-2-6-10-19)21-12-13-23-16-18(15-22-23)17-7-3-1-4-8-17/h1-10,15-16H,11-14H2,(H,21,24). The number of aromatic nitrogens is 2. The smallest absolute Gasteiger partial charge is 0.220 e. The number of carbonyl (C=O) groups excluding carboxylic acids is 1. The molecule has 0 fully saturated rings. The van der Waals surface area contributed by atoms with Crippen LogP contribution in [0.3, 0.4) is 0 Å². The Morgan fingerprint density at radius 1 is 1.00 bits per heavy atom. The van der Waals surface area contributed by atoms with Crippen LogP contribution in [0.2, 0.25) is 0 Å². The van der Waals surface area contributed by atoms with E-state index < -0.39 is 0 Å². The lowest BCUT2D eigenvalue weighted by Gasteiger charge is -2.05. The maximum Gasteiger partial charge on any atom is 0.220 e. The first kappa shape index (κ1) is 17.3. The summed E-state index contributed by atoms with van der Waals surface area (Å²) in [6.07, 6.45) is 4.38. The van der Waals surface area contributed by atoms with Crippen LogP contribution in [-0.4, -0.2) is 28.0 Å². The summed E-state index contributed by atoms with van der Waals surface area (Å²) in [7, 11) is 0. The van der Waals surface area contributed by atoms with Crippen LogP contribution in [0.4, 0.5) is 0 Å². The van der Waals surface area contributed by atoms with Gasteiger partial charge in [-0.15, -0.1) is 11.8 Å². The van der Waals surface area contributed by atoms with Gasteiger partial charge in [0.2, 0.25) is 5.91 Å². The average Bonchev–Trinajstić information content (AvgIpc) is 3.12. The molecule has 0 spiro atoms. The van der Waals surface area contributed by atoms with E-state index in [-0.39, 0.29) is 5.91 Å². The predicted octanol–water partition coefficient (Wildman–Crippen LogP) is 3.85. The molecule has 5 heteroatoms. The highest BCUT2D eigenvalue weighted by Gasteiger charge is 2.04. The minimum absolute atomic E-state index is 0.0823. The van der Waals surface area contributed by atoms with Gasteiger partial charge in [-0.25, -0.2) is 0 Å². The molecule has 4 nitrogen and oxygen atoms in total. The molecule has 0 unspecified atom stereocenters. The van der Waals surface area contributed by atoms with Gasteiger partial charge in [-0.2, -0.15) is 5.10 Å². The maximum absolute atomic E-state index is 11.9. The molecule has 0 aliphatic carbocycles. The average molecular weight is 351 g/mol. The molecule has 1 N–H and O–H groups in total. The van der Waals surface area contributed by atoms with E-state index in [9.17, 15) is 4.79 Å². The zero-order valence-corrected chi connectivity index (χ0v) is 14.8. The quantitative estimate of drug-likeness (QED) is 0.627. The van der Waals surface area contributed by atoms with E-state index >= 15 is 0 Å². The minimum atomic E-state index is 0.0823. The monoisotopic (exact) mass is 351 g/mol. The van der Waals surface area contributed by atoms with Crippen molar-refractivity contribution >= 4 is 17.7 Å². The highest BCUT2D eigenvalue weighted by molar-refractivity contribution is 7.99. The van der Waals surface area contributed by atoms with Crippen molar-refractivity contribution in [2.24, 2.45) is 0 Å². The fourth-order valence-corrected chi connectivity index (χ4v) is 3.31.